The monoisotopic (exact) mass is 444 g/mol. The molecule has 1 aromatic heterocycles. The minimum absolute atomic E-state index is 0.0456. The second kappa shape index (κ2) is 8.94. The zero-order chi connectivity index (χ0) is 21.8. The smallest absolute Gasteiger partial charge is 0.339 e. The van der Waals surface area contributed by atoms with Crippen molar-refractivity contribution in [2.24, 2.45) is 0 Å². The first-order chi connectivity index (χ1) is 14.9. The Balaban J connectivity index is 1.43. The number of hydrogen-bond acceptors (Lipinski definition) is 7. The van der Waals surface area contributed by atoms with Crippen molar-refractivity contribution in [1.29, 1.82) is 0 Å². The topological polar surface area (TPSA) is 122 Å². The Morgan fingerprint density at radius 1 is 1.16 bits per heavy atom. The van der Waals surface area contributed by atoms with Crippen LogP contribution in [0.1, 0.15) is 38.4 Å². The summed E-state index contributed by atoms with van der Waals surface area (Å²) in [6, 6.07) is 11.8. The largest absolute Gasteiger partial charge is 0.382 e. The SMILES string of the molecule is CC(=O)NOCc1nc2cc(OS(=O)(=O)c3ccc(NC4CCCC4)cc3)ccc2[nH]1. The Morgan fingerprint density at radius 2 is 1.90 bits per heavy atom. The molecule has 2 aromatic carbocycles. The lowest BCUT2D eigenvalue weighted by Crippen LogP contribution is -2.20. The molecule has 1 saturated carbocycles. The number of anilines is 1. The quantitative estimate of drug-likeness (QED) is 0.360. The standard InChI is InChI=1S/C21H24N4O5S/c1-14(26)25-29-13-21-23-19-11-8-17(12-20(19)24-21)30-31(27,28)18-9-6-16(7-10-18)22-15-4-2-3-5-15/h6-12,15,22H,2-5,13H2,1H3,(H,23,24)(H,25,26). The van der Waals surface area contributed by atoms with E-state index in [9.17, 15) is 13.2 Å². The van der Waals surface area contributed by atoms with Crippen LogP contribution >= 0.6 is 0 Å². The second-order valence-electron chi connectivity index (χ2n) is 7.50. The number of hydroxylamine groups is 1. The van der Waals surface area contributed by atoms with E-state index in [2.05, 4.69) is 20.8 Å². The second-order valence-corrected chi connectivity index (χ2v) is 9.04. The van der Waals surface area contributed by atoms with E-state index >= 15 is 0 Å². The van der Waals surface area contributed by atoms with Crippen molar-refractivity contribution in [2.45, 2.75) is 50.2 Å². The van der Waals surface area contributed by atoms with Crippen molar-refractivity contribution >= 4 is 32.7 Å². The highest BCUT2D eigenvalue weighted by atomic mass is 32.2. The summed E-state index contributed by atoms with van der Waals surface area (Å²) in [6.07, 6.45) is 4.73. The normalized spacial score (nSPS) is 14.6. The highest BCUT2D eigenvalue weighted by molar-refractivity contribution is 7.87. The lowest BCUT2D eigenvalue weighted by atomic mass is 10.2. The summed E-state index contributed by atoms with van der Waals surface area (Å²) in [5.41, 5.74) is 4.32. The molecule has 0 bridgehead atoms. The average molecular weight is 445 g/mol. The van der Waals surface area contributed by atoms with Crippen LogP contribution in [-0.4, -0.2) is 30.3 Å². The molecule has 0 spiro atoms. The highest BCUT2D eigenvalue weighted by Crippen LogP contribution is 2.25. The van der Waals surface area contributed by atoms with Gasteiger partial charge in [0.25, 0.3) is 0 Å². The number of H-pyrrole nitrogens is 1. The van der Waals surface area contributed by atoms with Gasteiger partial charge in [-0.1, -0.05) is 12.8 Å². The van der Waals surface area contributed by atoms with Gasteiger partial charge in [0.2, 0.25) is 5.91 Å². The fourth-order valence-corrected chi connectivity index (χ4v) is 4.49. The highest BCUT2D eigenvalue weighted by Gasteiger charge is 2.19. The van der Waals surface area contributed by atoms with Crippen molar-refractivity contribution in [3.8, 4) is 5.75 Å². The molecule has 9 nitrogen and oxygen atoms in total. The van der Waals surface area contributed by atoms with Crippen molar-refractivity contribution in [1.82, 2.24) is 15.4 Å². The number of carbonyl (C=O) groups is 1. The zero-order valence-electron chi connectivity index (χ0n) is 17.1. The molecule has 0 atom stereocenters. The molecule has 31 heavy (non-hydrogen) atoms. The maximum Gasteiger partial charge on any atom is 0.339 e. The summed E-state index contributed by atoms with van der Waals surface area (Å²) in [6.45, 7) is 1.38. The van der Waals surface area contributed by atoms with Crippen LogP contribution in [0.15, 0.2) is 47.4 Å². The molecule has 3 N–H and O–H groups in total. The molecule has 1 heterocycles. The van der Waals surface area contributed by atoms with Gasteiger partial charge in [0.1, 0.15) is 23.1 Å². The van der Waals surface area contributed by atoms with E-state index in [0.29, 0.717) is 22.9 Å². The summed E-state index contributed by atoms with van der Waals surface area (Å²) < 4.78 is 30.6. The number of nitrogens with one attached hydrogen (secondary N) is 3. The van der Waals surface area contributed by atoms with E-state index in [1.165, 1.54) is 38.0 Å². The molecule has 1 amide bonds. The molecule has 0 radical (unpaired) electrons. The number of carbonyl (C=O) groups excluding carboxylic acids is 1. The van der Waals surface area contributed by atoms with Crippen LogP contribution in [0.3, 0.4) is 0 Å². The van der Waals surface area contributed by atoms with Gasteiger partial charge in [-0.25, -0.2) is 10.5 Å². The van der Waals surface area contributed by atoms with Crippen LogP contribution in [0.25, 0.3) is 11.0 Å². The minimum Gasteiger partial charge on any atom is -0.382 e. The number of benzene rings is 2. The number of imidazole rings is 1. The van der Waals surface area contributed by atoms with E-state index in [1.807, 2.05) is 0 Å². The molecule has 3 aromatic rings. The maximum absolute atomic E-state index is 12.7. The van der Waals surface area contributed by atoms with Gasteiger partial charge in [0, 0.05) is 24.7 Å². The Morgan fingerprint density at radius 3 is 2.61 bits per heavy atom. The summed E-state index contributed by atoms with van der Waals surface area (Å²) >= 11 is 0. The van der Waals surface area contributed by atoms with Crippen LogP contribution < -0.4 is 15.0 Å². The first-order valence-corrected chi connectivity index (χ1v) is 11.5. The van der Waals surface area contributed by atoms with Gasteiger partial charge in [-0.3, -0.25) is 9.63 Å². The summed E-state index contributed by atoms with van der Waals surface area (Å²) in [5.74, 6) is 0.315. The van der Waals surface area contributed by atoms with Crippen LogP contribution in [0.4, 0.5) is 5.69 Å². The molecule has 1 fully saturated rings. The van der Waals surface area contributed by atoms with Gasteiger partial charge in [-0.05, 0) is 49.2 Å². The molecule has 1 aliphatic rings. The van der Waals surface area contributed by atoms with E-state index in [1.54, 1.807) is 24.3 Å². The number of amides is 1. The van der Waals surface area contributed by atoms with E-state index < -0.39 is 10.1 Å². The lowest BCUT2D eigenvalue weighted by Gasteiger charge is -2.14. The summed E-state index contributed by atoms with van der Waals surface area (Å²) in [5, 5.41) is 3.43. The van der Waals surface area contributed by atoms with Crippen molar-refractivity contribution in [2.75, 3.05) is 5.32 Å². The van der Waals surface area contributed by atoms with Crippen molar-refractivity contribution in [3.63, 3.8) is 0 Å². The third kappa shape index (κ3) is 5.33. The van der Waals surface area contributed by atoms with Gasteiger partial charge in [0.15, 0.2) is 0 Å². The number of aromatic amines is 1. The van der Waals surface area contributed by atoms with Crippen LogP contribution in [0.2, 0.25) is 0 Å². The zero-order valence-corrected chi connectivity index (χ0v) is 17.9. The Hall–Kier alpha value is -3.11. The predicted molar refractivity (Wildman–Crippen MR) is 115 cm³/mol. The van der Waals surface area contributed by atoms with Gasteiger partial charge in [0.05, 0.1) is 11.0 Å². The number of fused-ring (bicyclic) bond motifs is 1. The van der Waals surface area contributed by atoms with Gasteiger partial charge >= 0.3 is 10.1 Å². The van der Waals surface area contributed by atoms with E-state index in [4.69, 9.17) is 9.02 Å². The molecule has 0 unspecified atom stereocenters. The Kier molecular flexibility index (Phi) is 6.10. The maximum atomic E-state index is 12.7. The van der Waals surface area contributed by atoms with Crippen molar-refractivity contribution < 1.29 is 22.2 Å². The predicted octanol–water partition coefficient (Wildman–Crippen LogP) is 3.25. The molecular formula is C21H24N4O5S. The molecule has 0 aliphatic heterocycles. The van der Waals surface area contributed by atoms with Gasteiger partial charge < -0.3 is 14.5 Å². The van der Waals surface area contributed by atoms with Crippen LogP contribution in [0.5, 0.6) is 5.75 Å². The van der Waals surface area contributed by atoms with Crippen molar-refractivity contribution in [3.05, 3.63) is 48.3 Å². The number of rotatable bonds is 8. The van der Waals surface area contributed by atoms with Crippen LogP contribution in [0, 0.1) is 0 Å². The number of nitrogens with zero attached hydrogens (tertiary/aromatic N) is 1. The Bertz CT molecular complexity index is 1170. The summed E-state index contributed by atoms with van der Waals surface area (Å²) in [7, 11) is -3.98. The van der Waals surface area contributed by atoms with Gasteiger partial charge in [-0.15, -0.1) is 0 Å². The first-order valence-electron chi connectivity index (χ1n) is 10.1. The molecule has 4 rings (SSSR count). The average Bonchev–Trinajstić information content (AvgIpc) is 3.37. The fourth-order valence-electron chi connectivity index (χ4n) is 3.56. The molecular weight excluding hydrogens is 420 g/mol. The third-order valence-electron chi connectivity index (χ3n) is 5.00. The van der Waals surface area contributed by atoms with E-state index in [-0.39, 0.29) is 23.2 Å². The summed E-state index contributed by atoms with van der Waals surface area (Å²) in [4.78, 5) is 23.3. The van der Waals surface area contributed by atoms with Crippen LogP contribution in [-0.2, 0) is 26.4 Å². The molecule has 10 heteroatoms. The third-order valence-corrected chi connectivity index (χ3v) is 6.26. The Labute approximate surface area is 180 Å². The molecule has 164 valence electrons. The lowest BCUT2D eigenvalue weighted by molar-refractivity contribution is -0.132. The number of aromatic nitrogens is 2. The minimum atomic E-state index is -3.98. The van der Waals surface area contributed by atoms with E-state index in [0.717, 1.165) is 18.5 Å². The molecule has 1 aliphatic carbocycles. The van der Waals surface area contributed by atoms with Gasteiger partial charge in [-0.2, -0.15) is 8.42 Å². The first kappa shape index (κ1) is 21.1. The fraction of sp³-hybridized carbons (Fsp3) is 0.333. The number of hydrogen-bond donors (Lipinski definition) is 3. The molecule has 0 saturated heterocycles.